The van der Waals surface area contributed by atoms with Gasteiger partial charge in [-0.05, 0) is 92.4 Å². The first-order valence-corrected chi connectivity index (χ1v) is 40.5. The van der Waals surface area contributed by atoms with Crippen LogP contribution in [0.2, 0.25) is 0 Å². The third-order valence-corrected chi connectivity index (χ3v) is 17.8. The highest BCUT2D eigenvalue weighted by Crippen LogP contribution is 2.26. The normalized spacial score (nSPS) is 12.6. The molecule has 0 fully saturated rings. The highest BCUT2D eigenvalue weighted by Gasteiger charge is 2.28. The molecule has 0 aliphatic heterocycles. The highest BCUT2D eigenvalue weighted by atomic mass is 128. The smallest absolute Gasteiger partial charge is 0.407 e. The number of benzene rings is 4. The number of alkyl carbamates (subject to hydrolysis) is 2. The topological polar surface area (TPSA) is 247 Å². The predicted molar refractivity (Wildman–Crippen MR) is 422 cm³/mol. The molecule has 540 valence electrons. The van der Waals surface area contributed by atoms with E-state index in [0.29, 0.717) is 57.6 Å². The van der Waals surface area contributed by atoms with Gasteiger partial charge in [-0.3, -0.25) is 24.4 Å². The molecule has 0 saturated heterocycles. The van der Waals surface area contributed by atoms with Crippen molar-refractivity contribution in [3.8, 4) is 0 Å². The number of aromatic nitrogens is 3. The third-order valence-electron chi connectivity index (χ3n) is 15.1. The second kappa shape index (κ2) is 53.3. The minimum Gasteiger partial charge on any atom is -0.481 e. The predicted octanol–water partition coefficient (Wildman–Crippen LogP) is 16.9. The highest BCUT2D eigenvalue weighted by molar-refractivity contribution is 15.0. The summed E-state index contributed by atoms with van der Waals surface area (Å²) in [6.07, 6.45) is 8.87. The maximum atomic E-state index is 13.8. The number of aliphatic carboxylic acids is 1. The number of carboxylic acids is 1. The van der Waals surface area contributed by atoms with Gasteiger partial charge in [-0.15, -0.1) is 58.0 Å². The van der Waals surface area contributed by atoms with Crippen molar-refractivity contribution in [2.24, 2.45) is 23.7 Å². The Hall–Kier alpha value is -5.54. The van der Waals surface area contributed by atoms with E-state index in [9.17, 15) is 28.8 Å². The average Bonchev–Trinajstić information content (AvgIpc) is 1.41. The van der Waals surface area contributed by atoms with Crippen molar-refractivity contribution in [3.05, 3.63) is 193 Å². The average molecular weight is 1750 g/mol. The summed E-state index contributed by atoms with van der Waals surface area (Å²) >= 11 is 8.71. The van der Waals surface area contributed by atoms with Gasteiger partial charge in [-0.2, -0.15) is 0 Å². The number of methoxy groups -OCH3 is 3. The number of hydrogen-bond acceptors (Lipinski definition) is 17. The standard InChI is InChI=1S/C37H47N5O5S2.C29H36N2O4S.C5H10O3.2CH4.I2.HI/c1-26(2)35-39-31(24-48-35)21-42(3)36(44)41-33(23-46-4)34(43)19-29(17-27-11-7-5-8-12-27)15-16-30(18-28-13-9-6-10-14-28)40-37(45)47-22-32-20-38-25-49-32;1-22(19-34-2)28(32)17-25(15-23-9-5-3-6-10-23)13-14-26(16-24-11-7-4-8-12-24)31-29(33)35-20-27-18-30-21-36-27;1-4(3-8-2)5(6)7;;;1-2;/h5-14,20,24-26,29-30,33H,15-19,21-23H2,1-4H3,(H,40,45)(H,41,44);3-12,18,21-22,25-26H,13-17,19-20H2,1-2H3,(H,31,33);4H,3H2,1-2H3,(H,6,7);2*1H4;;1H/t29-,30-,33+;22-,25+,26+;4-;;;;/m100..../s1. The summed E-state index contributed by atoms with van der Waals surface area (Å²) in [6.45, 7) is 9.18. The summed E-state index contributed by atoms with van der Waals surface area (Å²) in [6, 6.07) is 39.0. The zero-order valence-corrected chi connectivity index (χ0v) is 65.1. The van der Waals surface area contributed by atoms with Crippen LogP contribution >= 0.6 is 95.2 Å². The molecule has 0 saturated carbocycles. The number of carboxylic acid groups (broad SMARTS) is 1. The Labute approximate surface area is 633 Å². The zero-order chi connectivity index (χ0) is 69.2. The minimum absolute atomic E-state index is 0. The number of carbonyl (C=O) groups is 6. The fourth-order valence-corrected chi connectivity index (χ4v) is 11.9. The summed E-state index contributed by atoms with van der Waals surface area (Å²) in [4.78, 5) is 91.3. The molecule has 0 aliphatic rings. The number of carbonyl (C=O) groups excluding carboxylic acids is 5. The first-order chi connectivity index (χ1) is 45.9. The van der Waals surface area contributed by atoms with Crippen molar-refractivity contribution in [2.45, 2.75) is 151 Å². The molecule has 98 heavy (non-hydrogen) atoms. The van der Waals surface area contributed by atoms with E-state index in [0.717, 1.165) is 56.4 Å². The van der Waals surface area contributed by atoms with E-state index in [1.807, 2.05) is 97.2 Å². The Morgan fingerprint density at radius 3 is 1.30 bits per heavy atom. The second-order valence-corrected chi connectivity index (χ2v) is 26.3. The Bertz CT molecular complexity index is 3220. The summed E-state index contributed by atoms with van der Waals surface area (Å²) in [5.41, 5.74) is 8.81. The van der Waals surface area contributed by atoms with Crippen molar-refractivity contribution < 1.29 is 57.6 Å². The van der Waals surface area contributed by atoms with Crippen LogP contribution in [-0.2, 0) is 83.5 Å². The quantitative estimate of drug-likeness (QED) is 0.0264. The molecule has 0 unspecified atom stereocenters. The molecule has 0 aliphatic carbocycles. The lowest BCUT2D eigenvalue weighted by molar-refractivity contribution is -0.142. The number of thiazole rings is 3. The molecule has 3 aromatic heterocycles. The summed E-state index contributed by atoms with van der Waals surface area (Å²) < 4.78 is 26.1. The lowest BCUT2D eigenvalue weighted by Crippen LogP contribution is -2.49. The maximum absolute atomic E-state index is 13.8. The lowest BCUT2D eigenvalue weighted by Gasteiger charge is -2.25. The fourth-order valence-electron chi connectivity index (χ4n) is 10.1. The maximum Gasteiger partial charge on any atom is 0.407 e. The van der Waals surface area contributed by atoms with Gasteiger partial charge in [-0.1, -0.05) is 157 Å². The molecule has 25 heteroatoms. The van der Waals surface area contributed by atoms with E-state index < -0.39 is 24.2 Å². The van der Waals surface area contributed by atoms with E-state index in [4.69, 9.17) is 24.1 Å². The molecule has 3 heterocycles. The van der Waals surface area contributed by atoms with Gasteiger partial charge in [0.25, 0.3) is 0 Å². The summed E-state index contributed by atoms with van der Waals surface area (Å²) in [5, 5.41) is 20.2. The molecule has 7 atom stereocenters. The molecule has 4 N–H and O–H groups in total. The SMILES string of the molecule is C.C.COC[C@H](C)C(=O)C[C@H](CC[C@H](Cc1ccccc1)NC(=O)OCc1cncs1)Cc1ccccc1.COC[C@H](C)C(=O)O.COC[C@H](NC(=O)N(C)Cc1csc(C(C)C)n1)C(=O)C[C@H](CC[C@H](Cc1ccccc1)NC(=O)OCc1cncs1)Cc1ccccc1.I.II. The number of ether oxygens (including phenoxy) is 5. The fraction of sp³-hybridized carbons (Fsp3) is 0.466. The number of halogens is 3. The molecular formula is C73H102I3N7O12S3. The van der Waals surface area contributed by atoms with Crippen molar-refractivity contribution >= 4 is 131 Å². The van der Waals surface area contributed by atoms with Crippen molar-refractivity contribution in [1.82, 2.24) is 35.8 Å². The summed E-state index contributed by atoms with van der Waals surface area (Å²) in [5.74, 6) is -0.766. The van der Waals surface area contributed by atoms with Crippen LogP contribution in [0, 0.1) is 23.7 Å². The largest absolute Gasteiger partial charge is 0.481 e. The molecule has 0 radical (unpaired) electrons. The van der Waals surface area contributed by atoms with Gasteiger partial charge in [0.2, 0.25) is 0 Å². The summed E-state index contributed by atoms with van der Waals surface area (Å²) in [7, 11) is 6.32. The van der Waals surface area contributed by atoms with E-state index >= 15 is 0 Å². The van der Waals surface area contributed by atoms with Gasteiger partial charge < -0.3 is 49.6 Å². The number of urea groups is 1. The van der Waals surface area contributed by atoms with Crippen LogP contribution in [0.3, 0.4) is 0 Å². The van der Waals surface area contributed by atoms with E-state index in [2.05, 4.69) is 123 Å². The molecule has 7 aromatic rings. The van der Waals surface area contributed by atoms with Gasteiger partial charge in [0.05, 0.1) is 63.8 Å². The molecule has 0 bridgehead atoms. The number of Topliss-reactive ketones (excluding diaryl/α,β-unsaturated/α-hetero) is 2. The molecule has 4 amide bonds. The van der Waals surface area contributed by atoms with Gasteiger partial charge in [0, 0.05) is 120 Å². The van der Waals surface area contributed by atoms with Crippen LogP contribution in [0.25, 0.3) is 0 Å². The Kier molecular flexibility index (Phi) is 49.2. The Balaban J connectivity index is 0.000000864. The number of rotatable bonds is 37. The number of nitrogens with one attached hydrogen (secondary N) is 3. The monoisotopic (exact) mass is 1750 g/mol. The van der Waals surface area contributed by atoms with Crippen LogP contribution in [0.1, 0.15) is 130 Å². The van der Waals surface area contributed by atoms with Crippen LogP contribution in [0.5, 0.6) is 0 Å². The van der Waals surface area contributed by atoms with Gasteiger partial charge in [0.1, 0.15) is 25.0 Å². The van der Waals surface area contributed by atoms with Crippen LogP contribution in [0.4, 0.5) is 14.4 Å². The Morgan fingerprint density at radius 1 is 0.541 bits per heavy atom. The third kappa shape index (κ3) is 37.8. The second-order valence-electron chi connectivity index (χ2n) is 23.5. The van der Waals surface area contributed by atoms with Crippen LogP contribution in [0.15, 0.2) is 150 Å². The number of hydrogen-bond donors (Lipinski definition) is 4. The lowest BCUT2D eigenvalue weighted by atomic mass is 9.86. The first kappa shape index (κ1) is 90.5. The number of ketones is 2. The van der Waals surface area contributed by atoms with Gasteiger partial charge >= 0.3 is 24.2 Å². The zero-order valence-electron chi connectivity index (χ0n) is 56.0. The molecular weight excluding hydrogens is 1640 g/mol. The molecule has 0 spiro atoms. The van der Waals surface area contributed by atoms with E-state index in [1.54, 1.807) is 55.8 Å². The van der Waals surface area contributed by atoms with Crippen molar-refractivity contribution in [1.29, 1.82) is 0 Å². The molecule has 19 nitrogen and oxygen atoms in total. The van der Waals surface area contributed by atoms with Crippen LogP contribution < -0.4 is 16.0 Å². The van der Waals surface area contributed by atoms with Crippen LogP contribution in [-0.4, -0.2) is 127 Å². The first-order valence-electron chi connectivity index (χ1n) is 31.5. The van der Waals surface area contributed by atoms with Crippen molar-refractivity contribution in [3.63, 3.8) is 0 Å². The van der Waals surface area contributed by atoms with Crippen molar-refractivity contribution in [2.75, 3.05) is 48.2 Å². The molecule has 7 rings (SSSR count). The number of amides is 4. The van der Waals surface area contributed by atoms with Gasteiger partial charge in [-0.25, -0.2) is 19.4 Å². The van der Waals surface area contributed by atoms with Gasteiger partial charge in [0.15, 0.2) is 5.78 Å². The molecule has 4 aromatic carbocycles. The van der Waals surface area contributed by atoms with E-state index in [1.165, 1.54) is 47.4 Å². The minimum atomic E-state index is -0.813. The van der Waals surface area contributed by atoms with E-state index in [-0.39, 0.29) is 125 Å². The number of nitrogens with zero attached hydrogens (tertiary/aromatic N) is 4. The Morgan fingerprint density at radius 2 is 0.939 bits per heavy atom.